The first-order valence-electron chi connectivity index (χ1n) is 8.10. The highest BCUT2D eigenvalue weighted by Gasteiger charge is 2.39. The normalized spacial score (nSPS) is 23.4. The van der Waals surface area contributed by atoms with Gasteiger partial charge in [0.25, 0.3) is 0 Å². The van der Waals surface area contributed by atoms with Crippen LogP contribution in [0.15, 0.2) is 6.33 Å². The molecule has 29 heavy (non-hydrogen) atoms. The van der Waals surface area contributed by atoms with Crippen molar-refractivity contribution in [2.45, 2.75) is 24.7 Å². The number of fused-ring (bicyclic) bond motifs is 1. The van der Waals surface area contributed by atoms with Crippen LogP contribution >= 0.6 is 27.2 Å². The van der Waals surface area contributed by atoms with Gasteiger partial charge in [0.2, 0.25) is 5.28 Å². The maximum absolute atomic E-state index is 11.3. The van der Waals surface area contributed by atoms with Crippen molar-refractivity contribution in [3.63, 3.8) is 0 Å². The van der Waals surface area contributed by atoms with Crippen LogP contribution < -0.4 is 5.32 Å². The van der Waals surface area contributed by atoms with Crippen molar-refractivity contribution >= 4 is 44.2 Å². The Hall–Kier alpha value is -1.18. The minimum Gasteiger partial charge on any atom is -0.371 e. The number of hydrogen-bond acceptors (Lipinski definition) is 9. The molecule has 17 heteroatoms. The highest BCUT2D eigenvalue weighted by atomic mass is 35.5. The molecule has 3 atom stereocenters. The van der Waals surface area contributed by atoms with Crippen molar-refractivity contribution in [3.8, 4) is 0 Å². The molecule has 1 fully saturated rings. The molecule has 5 N–H and O–H groups in total. The van der Waals surface area contributed by atoms with Crippen LogP contribution in [0.5, 0.6) is 0 Å². The summed E-state index contributed by atoms with van der Waals surface area (Å²) in [4.78, 5) is 48.5. The first kappa shape index (κ1) is 22.5. The highest BCUT2D eigenvalue weighted by Crippen LogP contribution is 2.43. The Morgan fingerprint density at radius 1 is 1.31 bits per heavy atom. The maximum Gasteiger partial charge on any atom is 0.469 e. The second-order valence-electron chi connectivity index (χ2n) is 6.10. The summed E-state index contributed by atoms with van der Waals surface area (Å²) in [6, 6.07) is -0.515. The predicted molar refractivity (Wildman–Crippen MR) is 98.2 cm³/mol. The molecule has 3 rings (SSSR count). The van der Waals surface area contributed by atoms with Crippen molar-refractivity contribution in [1.82, 2.24) is 19.5 Å². The average Bonchev–Trinajstić information content (AvgIpc) is 3.01. The summed E-state index contributed by atoms with van der Waals surface area (Å²) in [5, 5.41) is 2.81. The fourth-order valence-electron chi connectivity index (χ4n) is 2.97. The third-order valence-electron chi connectivity index (χ3n) is 4.13. The van der Waals surface area contributed by atoms with Crippen molar-refractivity contribution in [2.75, 3.05) is 25.6 Å². The number of aromatic nitrogens is 4. The Kier molecular flexibility index (Phi) is 6.61. The van der Waals surface area contributed by atoms with E-state index in [0.29, 0.717) is 17.0 Å². The fraction of sp³-hybridized carbons (Fsp3) is 0.583. The zero-order valence-corrected chi connectivity index (χ0v) is 17.4. The molecule has 2 aromatic rings. The van der Waals surface area contributed by atoms with Gasteiger partial charge in [0, 0.05) is 7.05 Å². The molecule has 1 aliphatic rings. The van der Waals surface area contributed by atoms with Crippen LogP contribution in [0.3, 0.4) is 0 Å². The molecule has 0 radical (unpaired) electrons. The van der Waals surface area contributed by atoms with Crippen LogP contribution in [0, 0.1) is 0 Å². The summed E-state index contributed by atoms with van der Waals surface area (Å²) in [5.41, 5.74) is 0.791. The van der Waals surface area contributed by atoms with Gasteiger partial charge in [-0.1, -0.05) is 0 Å². The van der Waals surface area contributed by atoms with Crippen molar-refractivity contribution in [1.29, 1.82) is 0 Å². The summed E-state index contributed by atoms with van der Waals surface area (Å²) in [6.45, 7) is -0.609. The Morgan fingerprint density at radius 2 is 2.03 bits per heavy atom. The molecular weight excluding hydrogens is 456 g/mol. The first-order chi connectivity index (χ1) is 13.5. The Labute approximate surface area is 168 Å². The largest absolute Gasteiger partial charge is 0.469 e. The number of nitrogens with zero attached hydrogens (tertiary/aromatic N) is 4. The molecule has 0 saturated carbocycles. The summed E-state index contributed by atoms with van der Waals surface area (Å²) < 4.78 is 38.6. The van der Waals surface area contributed by atoms with Crippen molar-refractivity contribution in [3.05, 3.63) is 11.6 Å². The highest BCUT2D eigenvalue weighted by molar-refractivity contribution is 7.46. The van der Waals surface area contributed by atoms with Gasteiger partial charge in [-0.05, 0) is 18.0 Å². The molecule has 0 unspecified atom stereocenters. The number of phosphoric ester groups is 2. The minimum atomic E-state index is -4.92. The lowest BCUT2D eigenvalue weighted by molar-refractivity contribution is -0.107. The minimum absolute atomic E-state index is 0.0121. The van der Waals surface area contributed by atoms with Gasteiger partial charge in [-0.3, -0.25) is 9.05 Å². The smallest absolute Gasteiger partial charge is 0.371 e. The number of hydrogen-bond donors (Lipinski definition) is 5. The average molecular weight is 474 g/mol. The molecule has 1 saturated heterocycles. The van der Waals surface area contributed by atoms with E-state index in [1.54, 1.807) is 11.6 Å². The monoisotopic (exact) mass is 473 g/mol. The van der Waals surface area contributed by atoms with Gasteiger partial charge in [0.05, 0.1) is 31.7 Å². The van der Waals surface area contributed by atoms with E-state index in [0.717, 1.165) is 0 Å². The predicted octanol–water partition coefficient (Wildman–Crippen LogP) is 0.439. The zero-order valence-electron chi connectivity index (χ0n) is 14.8. The number of rotatable bonds is 7. The molecule has 0 aliphatic carbocycles. The molecule has 14 nitrogen and oxygen atoms in total. The Morgan fingerprint density at radius 3 is 2.66 bits per heavy atom. The molecular formula is C12H18ClN5O9P2. The number of imidazole rings is 1. The van der Waals surface area contributed by atoms with Crippen molar-refractivity contribution < 1.29 is 42.5 Å². The van der Waals surface area contributed by atoms with Gasteiger partial charge in [0.15, 0.2) is 17.0 Å². The van der Waals surface area contributed by atoms with Crippen LogP contribution in [0.1, 0.15) is 12.5 Å². The molecule has 0 aromatic carbocycles. The van der Waals surface area contributed by atoms with Gasteiger partial charge in [-0.15, -0.1) is 0 Å². The van der Waals surface area contributed by atoms with Gasteiger partial charge < -0.3 is 34.2 Å². The zero-order chi connectivity index (χ0) is 21.4. The number of nitrogens with one attached hydrogen (secondary N) is 1. The van der Waals surface area contributed by atoms with E-state index < -0.39 is 40.5 Å². The van der Waals surface area contributed by atoms with Gasteiger partial charge >= 0.3 is 15.6 Å². The summed E-state index contributed by atoms with van der Waals surface area (Å²) >= 11 is 5.94. The molecule has 3 heterocycles. The van der Waals surface area contributed by atoms with Gasteiger partial charge in [0.1, 0.15) is 6.10 Å². The van der Waals surface area contributed by atoms with E-state index in [2.05, 4.69) is 24.8 Å². The lowest BCUT2D eigenvalue weighted by Crippen LogP contribution is -2.43. The maximum atomic E-state index is 11.3. The molecule has 1 aliphatic heterocycles. The van der Waals surface area contributed by atoms with Crippen LogP contribution in [0.2, 0.25) is 5.28 Å². The standard InChI is InChI=1S/C12H18ClN5O9P2/c1-14-10-9-11(17-12(13)16-10)18(5-15-9)6-2-7(27-29(22,23)24)8(25-3-6)4-26-28(19,20)21/h5-8H,2-4H2,1H3,(H,14,16,17)(H2,19,20,21)(H2,22,23,24)/t6-,7-,8+/m0/s1. The molecule has 2 aromatic heterocycles. The van der Waals surface area contributed by atoms with E-state index in [-0.39, 0.29) is 18.3 Å². The van der Waals surface area contributed by atoms with E-state index in [9.17, 15) is 18.9 Å². The summed E-state index contributed by atoms with van der Waals surface area (Å²) in [6.07, 6.45) is -0.875. The van der Waals surface area contributed by atoms with Gasteiger partial charge in [-0.25, -0.2) is 14.1 Å². The Balaban J connectivity index is 1.87. The number of halogens is 1. The number of anilines is 1. The molecule has 0 spiro atoms. The summed E-state index contributed by atoms with van der Waals surface area (Å²) in [5.74, 6) is 0.395. The third kappa shape index (κ3) is 5.70. The third-order valence-corrected chi connectivity index (χ3v) is 5.33. The van der Waals surface area contributed by atoms with E-state index >= 15 is 0 Å². The second kappa shape index (κ2) is 8.52. The topological polar surface area (TPSA) is 198 Å². The molecule has 0 bridgehead atoms. The lowest BCUT2D eigenvalue weighted by Gasteiger charge is -2.36. The summed E-state index contributed by atoms with van der Waals surface area (Å²) in [7, 11) is -8.09. The quantitative estimate of drug-likeness (QED) is 0.274. The first-order valence-corrected chi connectivity index (χ1v) is 11.5. The van der Waals surface area contributed by atoms with Crippen LogP contribution in [-0.4, -0.2) is 71.6 Å². The molecule has 162 valence electrons. The fourth-order valence-corrected chi connectivity index (χ4v) is 4.05. The van der Waals surface area contributed by atoms with Crippen LogP contribution in [-0.2, 0) is 22.9 Å². The number of phosphoric acid groups is 2. The van der Waals surface area contributed by atoms with E-state index in [4.69, 9.17) is 30.6 Å². The second-order valence-corrected chi connectivity index (χ2v) is 8.87. The Bertz CT molecular complexity index is 978. The SMILES string of the molecule is CNc1nc(Cl)nc2c1ncn2[C@@H]1CO[C@H](COP(=O)(O)O)[C@@H](OP(=O)(O)O)C1. The van der Waals surface area contributed by atoms with E-state index in [1.165, 1.54) is 6.33 Å². The number of ether oxygens (including phenoxy) is 1. The van der Waals surface area contributed by atoms with Crippen LogP contribution in [0.25, 0.3) is 11.2 Å². The van der Waals surface area contributed by atoms with E-state index in [1.807, 2.05) is 0 Å². The van der Waals surface area contributed by atoms with Crippen molar-refractivity contribution in [2.24, 2.45) is 0 Å². The molecule has 0 amide bonds. The van der Waals surface area contributed by atoms with Gasteiger partial charge in [-0.2, -0.15) is 9.97 Å². The lowest BCUT2D eigenvalue weighted by atomic mass is 10.0. The van der Waals surface area contributed by atoms with Crippen LogP contribution in [0.4, 0.5) is 5.82 Å².